The molecule has 0 saturated heterocycles. The average Bonchev–Trinajstić information content (AvgIpc) is 2.03. The highest BCUT2D eigenvalue weighted by atomic mass is 16.5. The quantitative estimate of drug-likeness (QED) is 0.579. The molecule has 1 aliphatic heterocycles. The third kappa shape index (κ3) is 2.34. The van der Waals surface area contributed by atoms with Crippen molar-refractivity contribution in [2.45, 2.75) is 26.7 Å². The lowest BCUT2D eigenvalue weighted by atomic mass is 10.1. The molecule has 72 valence electrons. The summed E-state index contributed by atoms with van der Waals surface area (Å²) in [6, 6.07) is 0. The average molecular weight is 181 g/mol. The van der Waals surface area contributed by atoms with E-state index in [0.717, 1.165) is 12.0 Å². The zero-order valence-electron chi connectivity index (χ0n) is 8.33. The van der Waals surface area contributed by atoms with Crippen molar-refractivity contribution in [1.82, 2.24) is 4.90 Å². The van der Waals surface area contributed by atoms with Crippen LogP contribution in [0.5, 0.6) is 0 Å². The molecule has 0 unspecified atom stereocenters. The van der Waals surface area contributed by atoms with Crippen molar-refractivity contribution in [3.05, 3.63) is 23.7 Å². The van der Waals surface area contributed by atoms with Crippen LogP contribution in [0.15, 0.2) is 23.7 Å². The molecule has 0 aliphatic carbocycles. The number of carbonyl (C=O) groups is 1. The molecular formula is C10H15NO2. The summed E-state index contributed by atoms with van der Waals surface area (Å²) < 4.78 is 4.82. The summed E-state index contributed by atoms with van der Waals surface area (Å²) in [6.07, 6.45) is 4.52. The fourth-order valence-corrected chi connectivity index (χ4v) is 1.50. The Morgan fingerprint density at radius 1 is 1.62 bits per heavy atom. The Morgan fingerprint density at radius 2 is 2.31 bits per heavy atom. The highest BCUT2D eigenvalue weighted by molar-refractivity contribution is 5.73. The van der Waals surface area contributed by atoms with Crippen LogP contribution in [-0.2, 0) is 9.53 Å². The van der Waals surface area contributed by atoms with E-state index in [1.807, 2.05) is 18.9 Å². The second-order valence-corrected chi connectivity index (χ2v) is 3.14. The van der Waals surface area contributed by atoms with Crippen molar-refractivity contribution in [3.63, 3.8) is 0 Å². The fraction of sp³-hybridized carbons (Fsp3) is 0.500. The van der Waals surface area contributed by atoms with Crippen molar-refractivity contribution >= 4 is 5.97 Å². The Labute approximate surface area is 78.7 Å². The summed E-state index contributed by atoms with van der Waals surface area (Å²) in [6.45, 7) is 4.05. The molecule has 3 heteroatoms. The maximum Gasteiger partial charge on any atom is 0.314 e. The van der Waals surface area contributed by atoms with E-state index in [4.69, 9.17) is 4.74 Å². The number of hydrogen-bond donors (Lipinski definition) is 0. The van der Waals surface area contributed by atoms with Crippen LogP contribution >= 0.6 is 0 Å². The van der Waals surface area contributed by atoms with Gasteiger partial charge in [-0.3, -0.25) is 4.79 Å². The summed E-state index contributed by atoms with van der Waals surface area (Å²) in [5.74, 6) is -0.187. The van der Waals surface area contributed by atoms with Crippen LogP contribution in [0.1, 0.15) is 26.7 Å². The van der Waals surface area contributed by atoms with Crippen molar-refractivity contribution in [2.75, 3.05) is 7.05 Å². The van der Waals surface area contributed by atoms with Gasteiger partial charge in [0.05, 0.1) is 6.42 Å². The molecule has 1 aliphatic rings. The number of allylic oxidation sites excluding steroid dienone is 1. The minimum Gasteiger partial charge on any atom is -0.433 e. The van der Waals surface area contributed by atoms with Gasteiger partial charge in [0.1, 0.15) is 6.26 Å². The predicted molar refractivity (Wildman–Crippen MR) is 50.6 cm³/mol. The van der Waals surface area contributed by atoms with Crippen LogP contribution in [0.3, 0.4) is 0 Å². The molecule has 0 amide bonds. The monoisotopic (exact) mass is 181 g/mol. The van der Waals surface area contributed by atoms with Crippen LogP contribution < -0.4 is 0 Å². The number of carbonyl (C=O) groups excluding carboxylic acids is 1. The van der Waals surface area contributed by atoms with Crippen LogP contribution in [0.2, 0.25) is 0 Å². The lowest BCUT2D eigenvalue weighted by Gasteiger charge is -2.21. The molecule has 0 aromatic heterocycles. The molecule has 13 heavy (non-hydrogen) atoms. The Hall–Kier alpha value is -1.25. The number of ether oxygens (including phenoxy) is 1. The zero-order chi connectivity index (χ0) is 9.84. The highest BCUT2D eigenvalue weighted by Gasteiger charge is 2.11. The van der Waals surface area contributed by atoms with E-state index in [0.29, 0.717) is 6.42 Å². The Bertz CT molecular complexity index is 266. The van der Waals surface area contributed by atoms with Gasteiger partial charge in [-0.05, 0) is 18.9 Å². The first kappa shape index (κ1) is 9.84. The highest BCUT2D eigenvalue weighted by Crippen LogP contribution is 2.18. The minimum atomic E-state index is -0.187. The van der Waals surface area contributed by atoms with E-state index in [9.17, 15) is 4.79 Å². The maximum absolute atomic E-state index is 11.1. The van der Waals surface area contributed by atoms with Gasteiger partial charge in [0.2, 0.25) is 0 Å². The summed E-state index contributed by atoms with van der Waals surface area (Å²) in [7, 11) is 1.96. The molecule has 0 aromatic rings. The largest absolute Gasteiger partial charge is 0.433 e. The lowest BCUT2D eigenvalue weighted by molar-refractivity contribution is -0.137. The van der Waals surface area contributed by atoms with E-state index in [2.05, 4.69) is 6.92 Å². The number of rotatable bonds is 1. The molecule has 0 fully saturated rings. The zero-order valence-corrected chi connectivity index (χ0v) is 8.33. The topological polar surface area (TPSA) is 29.5 Å². The molecule has 1 rings (SSSR count). The second kappa shape index (κ2) is 4.12. The lowest BCUT2D eigenvalue weighted by Crippen LogP contribution is -2.16. The van der Waals surface area contributed by atoms with Gasteiger partial charge in [0, 0.05) is 18.9 Å². The van der Waals surface area contributed by atoms with Crippen molar-refractivity contribution in [2.24, 2.45) is 0 Å². The molecule has 0 saturated carbocycles. The third-order valence-corrected chi connectivity index (χ3v) is 2.15. The normalized spacial score (nSPS) is 23.9. The van der Waals surface area contributed by atoms with Crippen LogP contribution in [0.4, 0.5) is 0 Å². The van der Waals surface area contributed by atoms with E-state index >= 15 is 0 Å². The standard InChI is InChI=1S/C10H15NO2/c1-4-9-8(2)7-10(12)13-6-5-11(9)3/h5-6H,4,7H2,1-3H3/b6-5?,9-8-. The molecule has 1 heterocycles. The maximum atomic E-state index is 11.1. The summed E-state index contributed by atoms with van der Waals surface area (Å²) in [4.78, 5) is 13.1. The van der Waals surface area contributed by atoms with Gasteiger partial charge >= 0.3 is 5.97 Å². The molecule has 0 radical (unpaired) electrons. The van der Waals surface area contributed by atoms with Crippen molar-refractivity contribution < 1.29 is 9.53 Å². The molecule has 0 aromatic carbocycles. The molecular weight excluding hydrogens is 166 g/mol. The summed E-state index contributed by atoms with van der Waals surface area (Å²) >= 11 is 0. The number of esters is 1. The van der Waals surface area contributed by atoms with Gasteiger partial charge in [-0.2, -0.15) is 0 Å². The SMILES string of the molecule is CC/C1=C(\C)CC(=O)OC=CN1C. The van der Waals surface area contributed by atoms with Gasteiger partial charge in [-0.25, -0.2) is 0 Å². The van der Waals surface area contributed by atoms with Crippen LogP contribution in [0, 0.1) is 0 Å². The fourth-order valence-electron chi connectivity index (χ4n) is 1.50. The Balaban J connectivity index is 2.94. The number of nitrogens with zero attached hydrogens (tertiary/aromatic N) is 1. The summed E-state index contributed by atoms with van der Waals surface area (Å²) in [5.41, 5.74) is 2.27. The van der Waals surface area contributed by atoms with E-state index in [-0.39, 0.29) is 5.97 Å². The molecule has 3 nitrogen and oxygen atoms in total. The van der Waals surface area contributed by atoms with E-state index in [1.165, 1.54) is 12.0 Å². The molecule has 0 bridgehead atoms. The summed E-state index contributed by atoms with van der Waals surface area (Å²) in [5, 5.41) is 0. The molecule has 0 spiro atoms. The first-order valence-electron chi connectivity index (χ1n) is 4.42. The minimum absolute atomic E-state index is 0.187. The molecule has 0 atom stereocenters. The van der Waals surface area contributed by atoms with E-state index in [1.54, 1.807) is 6.20 Å². The van der Waals surface area contributed by atoms with Crippen LogP contribution in [0.25, 0.3) is 0 Å². The smallest absolute Gasteiger partial charge is 0.314 e. The van der Waals surface area contributed by atoms with E-state index < -0.39 is 0 Å². The number of hydrogen-bond acceptors (Lipinski definition) is 3. The first-order chi connectivity index (χ1) is 6.15. The second-order valence-electron chi connectivity index (χ2n) is 3.14. The van der Waals surface area contributed by atoms with Gasteiger partial charge in [0.15, 0.2) is 0 Å². The van der Waals surface area contributed by atoms with Crippen molar-refractivity contribution in [3.8, 4) is 0 Å². The molecule has 0 N–H and O–H groups in total. The van der Waals surface area contributed by atoms with Gasteiger partial charge < -0.3 is 9.64 Å². The third-order valence-electron chi connectivity index (χ3n) is 2.15. The van der Waals surface area contributed by atoms with Crippen LogP contribution in [-0.4, -0.2) is 17.9 Å². The Kier molecular flexibility index (Phi) is 3.12. The van der Waals surface area contributed by atoms with Gasteiger partial charge in [0.25, 0.3) is 0 Å². The van der Waals surface area contributed by atoms with Gasteiger partial charge in [-0.1, -0.05) is 6.92 Å². The van der Waals surface area contributed by atoms with Crippen molar-refractivity contribution in [1.29, 1.82) is 0 Å². The Morgan fingerprint density at radius 3 is 2.92 bits per heavy atom. The first-order valence-corrected chi connectivity index (χ1v) is 4.42. The number of cyclic esters (lactones) is 1. The van der Waals surface area contributed by atoms with Gasteiger partial charge in [-0.15, -0.1) is 0 Å². The predicted octanol–water partition coefficient (Wildman–Crippen LogP) is 2.02.